The van der Waals surface area contributed by atoms with Gasteiger partial charge in [0.15, 0.2) is 0 Å². The van der Waals surface area contributed by atoms with Gasteiger partial charge in [0.2, 0.25) is 10.0 Å². The molecule has 0 amide bonds. The van der Waals surface area contributed by atoms with E-state index in [1.165, 1.54) is 22.5 Å². The predicted molar refractivity (Wildman–Crippen MR) is 73.3 cm³/mol. The van der Waals surface area contributed by atoms with Crippen molar-refractivity contribution in [3.63, 3.8) is 0 Å². The minimum Gasteiger partial charge on any atom is -0.207 e. The molecule has 20 heavy (non-hydrogen) atoms. The van der Waals surface area contributed by atoms with Gasteiger partial charge in [-0.15, -0.1) is 0 Å². The molecule has 2 rings (SSSR count). The maximum Gasteiger partial charge on any atom is 0.243 e. The Morgan fingerprint density at radius 3 is 2.55 bits per heavy atom. The van der Waals surface area contributed by atoms with Gasteiger partial charge in [-0.1, -0.05) is 11.6 Å². The van der Waals surface area contributed by atoms with Gasteiger partial charge >= 0.3 is 0 Å². The van der Waals surface area contributed by atoms with Gasteiger partial charge in [0.1, 0.15) is 6.07 Å². The Kier molecular flexibility index (Phi) is 4.29. The zero-order valence-electron chi connectivity index (χ0n) is 10.6. The Labute approximate surface area is 123 Å². The number of sulfonamides is 1. The quantitative estimate of drug-likeness (QED) is 0.835. The highest BCUT2D eigenvalue weighted by Gasteiger charge is 2.37. The van der Waals surface area contributed by atoms with Crippen LogP contribution in [-0.2, 0) is 10.0 Å². The summed E-state index contributed by atoms with van der Waals surface area (Å²) in [6.45, 7) is 0.182. The molecule has 1 aromatic carbocycles. The molecule has 1 fully saturated rings. The van der Waals surface area contributed by atoms with Gasteiger partial charge in [0, 0.05) is 19.0 Å². The number of hydrogen-bond donors (Lipinski definition) is 0. The molecule has 1 aliphatic rings. The van der Waals surface area contributed by atoms with Crippen molar-refractivity contribution >= 4 is 21.6 Å². The van der Waals surface area contributed by atoms with Crippen molar-refractivity contribution in [3.05, 3.63) is 28.8 Å². The van der Waals surface area contributed by atoms with Crippen molar-refractivity contribution < 1.29 is 8.42 Å². The molecule has 0 heterocycles. The molecule has 1 aromatic rings. The minimum absolute atomic E-state index is 0.0252. The van der Waals surface area contributed by atoms with Crippen LogP contribution >= 0.6 is 11.6 Å². The molecule has 0 bridgehead atoms. The number of nitrogens with zero attached hydrogens (tertiary/aromatic N) is 3. The van der Waals surface area contributed by atoms with Crippen molar-refractivity contribution in [2.45, 2.75) is 30.2 Å². The fraction of sp³-hybridized carbons (Fsp3) is 0.385. The summed E-state index contributed by atoms with van der Waals surface area (Å²) < 4.78 is 26.4. The standard InChI is InChI=1S/C13H12ClN3O2S/c14-13-8-12(5-2-10(13)9-16)20(18,19)17(7-1-6-15)11-3-4-11/h2,5,8,11H,1,3-4,7H2. The molecule has 0 radical (unpaired) electrons. The molecular weight excluding hydrogens is 298 g/mol. The largest absolute Gasteiger partial charge is 0.243 e. The van der Waals surface area contributed by atoms with E-state index in [0.29, 0.717) is 0 Å². The lowest BCUT2D eigenvalue weighted by molar-refractivity contribution is 0.411. The van der Waals surface area contributed by atoms with Crippen LogP contribution in [0.5, 0.6) is 0 Å². The van der Waals surface area contributed by atoms with Crippen LogP contribution in [0.1, 0.15) is 24.8 Å². The van der Waals surface area contributed by atoms with Crippen LogP contribution in [0.25, 0.3) is 0 Å². The molecule has 5 nitrogen and oxygen atoms in total. The van der Waals surface area contributed by atoms with Crippen molar-refractivity contribution in [2.24, 2.45) is 0 Å². The third kappa shape index (κ3) is 2.94. The molecular formula is C13H12ClN3O2S. The normalized spacial score (nSPS) is 14.8. The fourth-order valence-electron chi connectivity index (χ4n) is 1.90. The second kappa shape index (κ2) is 5.80. The lowest BCUT2D eigenvalue weighted by Crippen LogP contribution is -2.34. The van der Waals surface area contributed by atoms with Crippen LogP contribution in [0.3, 0.4) is 0 Å². The SMILES string of the molecule is N#CCCN(C1CC1)S(=O)(=O)c1ccc(C#N)c(Cl)c1. The molecule has 104 valence electrons. The average Bonchev–Trinajstić information content (AvgIpc) is 3.23. The van der Waals surface area contributed by atoms with Crippen molar-refractivity contribution in [2.75, 3.05) is 6.54 Å². The molecule has 0 atom stereocenters. The average molecular weight is 310 g/mol. The second-order valence-corrected chi connectivity index (χ2v) is 6.81. The highest BCUT2D eigenvalue weighted by molar-refractivity contribution is 7.89. The first-order valence-corrected chi connectivity index (χ1v) is 7.91. The molecule has 0 aromatic heterocycles. The highest BCUT2D eigenvalue weighted by Crippen LogP contribution is 2.33. The van der Waals surface area contributed by atoms with Crippen LogP contribution in [-0.4, -0.2) is 25.3 Å². The van der Waals surface area contributed by atoms with Gasteiger partial charge in [0.25, 0.3) is 0 Å². The molecule has 0 saturated heterocycles. The summed E-state index contributed by atoms with van der Waals surface area (Å²) in [7, 11) is -3.67. The zero-order chi connectivity index (χ0) is 14.8. The van der Waals surface area contributed by atoms with E-state index in [-0.39, 0.29) is 34.5 Å². The topological polar surface area (TPSA) is 85.0 Å². The first kappa shape index (κ1) is 14.8. The van der Waals surface area contributed by atoms with E-state index in [1.807, 2.05) is 12.1 Å². The van der Waals surface area contributed by atoms with Gasteiger partial charge in [-0.05, 0) is 31.0 Å². The van der Waals surface area contributed by atoms with Gasteiger partial charge < -0.3 is 0 Å². The minimum atomic E-state index is -3.67. The van der Waals surface area contributed by atoms with Crippen LogP contribution in [0.4, 0.5) is 0 Å². The number of benzene rings is 1. The van der Waals surface area contributed by atoms with E-state index in [1.54, 1.807) is 0 Å². The lowest BCUT2D eigenvalue weighted by atomic mass is 10.2. The van der Waals surface area contributed by atoms with E-state index in [4.69, 9.17) is 22.1 Å². The summed E-state index contributed by atoms with van der Waals surface area (Å²) in [4.78, 5) is 0.0614. The first-order chi connectivity index (χ1) is 9.50. The van der Waals surface area contributed by atoms with E-state index < -0.39 is 10.0 Å². The fourth-order valence-corrected chi connectivity index (χ4v) is 3.90. The molecule has 0 spiro atoms. The summed E-state index contributed by atoms with van der Waals surface area (Å²) in [5, 5.41) is 17.6. The van der Waals surface area contributed by atoms with Gasteiger partial charge in [-0.2, -0.15) is 14.8 Å². The van der Waals surface area contributed by atoms with Crippen LogP contribution in [0.15, 0.2) is 23.1 Å². The zero-order valence-corrected chi connectivity index (χ0v) is 12.2. The van der Waals surface area contributed by atoms with Crippen LogP contribution in [0.2, 0.25) is 5.02 Å². The number of halogens is 1. The predicted octanol–water partition coefficient (Wildman–Crippen LogP) is 2.28. The molecule has 1 saturated carbocycles. The van der Waals surface area contributed by atoms with Crippen molar-refractivity contribution in [1.29, 1.82) is 10.5 Å². The Balaban J connectivity index is 2.35. The summed E-state index contributed by atoms with van der Waals surface area (Å²) in [5.41, 5.74) is 0.237. The molecule has 0 N–H and O–H groups in total. The maximum atomic E-state index is 12.5. The third-order valence-electron chi connectivity index (χ3n) is 3.07. The van der Waals surface area contributed by atoms with E-state index in [0.717, 1.165) is 12.8 Å². The van der Waals surface area contributed by atoms with E-state index in [2.05, 4.69) is 0 Å². The second-order valence-electron chi connectivity index (χ2n) is 4.51. The molecule has 1 aliphatic carbocycles. The lowest BCUT2D eigenvalue weighted by Gasteiger charge is -2.20. The summed E-state index contributed by atoms with van der Waals surface area (Å²) in [6.07, 6.45) is 1.78. The summed E-state index contributed by atoms with van der Waals surface area (Å²) in [6, 6.07) is 7.88. The Hall–Kier alpha value is -1.60. The van der Waals surface area contributed by atoms with Crippen molar-refractivity contribution in [1.82, 2.24) is 4.31 Å². The van der Waals surface area contributed by atoms with Gasteiger partial charge in [-0.3, -0.25) is 0 Å². The first-order valence-electron chi connectivity index (χ1n) is 6.09. The third-order valence-corrected chi connectivity index (χ3v) is 5.33. The highest BCUT2D eigenvalue weighted by atomic mass is 35.5. The Morgan fingerprint density at radius 1 is 1.35 bits per heavy atom. The Morgan fingerprint density at radius 2 is 2.05 bits per heavy atom. The maximum absolute atomic E-state index is 12.5. The number of rotatable bonds is 5. The van der Waals surface area contributed by atoms with E-state index in [9.17, 15) is 8.42 Å². The van der Waals surface area contributed by atoms with Crippen molar-refractivity contribution in [3.8, 4) is 12.1 Å². The summed E-state index contributed by atoms with van der Waals surface area (Å²) >= 11 is 5.88. The van der Waals surface area contributed by atoms with E-state index >= 15 is 0 Å². The van der Waals surface area contributed by atoms with Crippen LogP contribution < -0.4 is 0 Å². The summed E-state index contributed by atoms with van der Waals surface area (Å²) in [5.74, 6) is 0. The monoisotopic (exact) mass is 309 g/mol. The molecule has 7 heteroatoms. The Bertz CT molecular complexity index is 699. The van der Waals surface area contributed by atoms with Gasteiger partial charge in [0.05, 0.1) is 21.6 Å². The smallest absolute Gasteiger partial charge is 0.207 e. The van der Waals surface area contributed by atoms with Gasteiger partial charge in [-0.25, -0.2) is 8.42 Å². The molecule has 0 aliphatic heterocycles. The molecule has 0 unspecified atom stereocenters. The van der Waals surface area contributed by atoms with Crippen LogP contribution in [0, 0.1) is 22.7 Å². The number of nitriles is 2. The number of hydrogen-bond acceptors (Lipinski definition) is 4.